The zero-order chi connectivity index (χ0) is 23.7. The maximum atomic E-state index is 12.6. The first-order chi connectivity index (χ1) is 16.5. The van der Waals surface area contributed by atoms with E-state index in [0.29, 0.717) is 25.9 Å². The molecule has 2 aromatic carbocycles. The number of likely N-dealkylation sites (tertiary alicyclic amines) is 1. The molecule has 0 aromatic heterocycles. The summed E-state index contributed by atoms with van der Waals surface area (Å²) in [4.78, 5) is 37.9. The molecule has 1 atom stereocenters. The van der Waals surface area contributed by atoms with Gasteiger partial charge < -0.3 is 20.1 Å². The van der Waals surface area contributed by atoms with Gasteiger partial charge in [-0.15, -0.1) is 0 Å². The molecular weight excluding hydrogens is 432 g/mol. The molecule has 2 N–H and O–H groups in total. The molecule has 1 saturated heterocycles. The van der Waals surface area contributed by atoms with E-state index in [9.17, 15) is 19.5 Å². The first kappa shape index (κ1) is 22.4. The third kappa shape index (κ3) is 4.52. The number of fused-ring (bicyclic) bond motifs is 3. The number of benzene rings is 2. The van der Waals surface area contributed by atoms with E-state index in [0.717, 1.165) is 19.3 Å². The van der Waals surface area contributed by atoms with Crippen molar-refractivity contribution < 1.29 is 24.2 Å². The minimum Gasteiger partial charge on any atom is -0.481 e. The summed E-state index contributed by atoms with van der Waals surface area (Å²) in [6.07, 6.45) is 2.85. The molecule has 0 bridgehead atoms. The van der Waals surface area contributed by atoms with Crippen LogP contribution in [0.1, 0.15) is 49.1 Å². The van der Waals surface area contributed by atoms with Gasteiger partial charge in [0.25, 0.3) is 0 Å². The van der Waals surface area contributed by atoms with Gasteiger partial charge in [-0.05, 0) is 53.9 Å². The SMILES string of the molecule is O=C(NC1CC(CC(=O)N2CCC[C@@H](C(=O)O)C2)C1)OCC1c2ccccc2-c2ccccc21. The highest BCUT2D eigenvalue weighted by molar-refractivity contribution is 5.79. The second-order valence-electron chi connectivity index (χ2n) is 9.73. The molecule has 2 aliphatic carbocycles. The van der Waals surface area contributed by atoms with Crippen molar-refractivity contribution in [1.82, 2.24) is 10.2 Å². The van der Waals surface area contributed by atoms with Crippen LogP contribution in [0.3, 0.4) is 0 Å². The molecule has 2 aromatic rings. The number of aliphatic carboxylic acids is 1. The van der Waals surface area contributed by atoms with Crippen molar-refractivity contribution in [2.75, 3.05) is 19.7 Å². The molecule has 178 valence electrons. The minimum absolute atomic E-state index is 0.0153. The Bertz CT molecular complexity index is 1050. The average Bonchev–Trinajstić information content (AvgIpc) is 3.15. The van der Waals surface area contributed by atoms with E-state index in [1.54, 1.807) is 4.90 Å². The van der Waals surface area contributed by atoms with Crippen molar-refractivity contribution in [3.63, 3.8) is 0 Å². The summed E-state index contributed by atoms with van der Waals surface area (Å²) in [5, 5.41) is 12.1. The highest BCUT2D eigenvalue weighted by atomic mass is 16.5. The molecule has 1 heterocycles. The molecule has 7 heteroatoms. The maximum Gasteiger partial charge on any atom is 0.407 e. The number of piperidine rings is 1. The van der Waals surface area contributed by atoms with E-state index in [1.165, 1.54) is 22.3 Å². The zero-order valence-electron chi connectivity index (χ0n) is 19.1. The van der Waals surface area contributed by atoms with Crippen molar-refractivity contribution in [2.45, 2.75) is 44.1 Å². The number of nitrogens with one attached hydrogen (secondary N) is 1. The van der Waals surface area contributed by atoms with E-state index in [-0.39, 0.29) is 30.4 Å². The van der Waals surface area contributed by atoms with Crippen LogP contribution in [0.4, 0.5) is 4.79 Å². The lowest BCUT2D eigenvalue weighted by Crippen LogP contribution is -2.47. The molecule has 3 aliphatic rings. The van der Waals surface area contributed by atoms with Crippen LogP contribution < -0.4 is 5.32 Å². The quantitative estimate of drug-likeness (QED) is 0.676. The average molecular weight is 463 g/mol. The number of nitrogens with zero attached hydrogens (tertiary/aromatic N) is 1. The largest absolute Gasteiger partial charge is 0.481 e. The number of hydrogen-bond donors (Lipinski definition) is 2. The number of carboxylic acid groups (broad SMARTS) is 1. The van der Waals surface area contributed by atoms with Crippen molar-refractivity contribution in [3.05, 3.63) is 59.7 Å². The lowest BCUT2D eigenvalue weighted by atomic mass is 9.78. The lowest BCUT2D eigenvalue weighted by Gasteiger charge is -2.37. The highest BCUT2D eigenvalue weighted by Gasteiger charge is 2.35. The summed E-state index contributed by atoms with van der Waals surface area (Å²) in [5.41, 5.74) is 4.76. The standard InChI is InChI=1S/C27H30N2O5/c30-25(29-11-5-6-18(15-29)26(31)32)14-17-12-19(13-17)28-27(33)34-16-24-22-9-3-1-7-20(22)21-8-2-4-10-23(21)24/h1-4,7-10,17-19,24H,5-6,11-16H2,(H,28,33)(H,31,32)/t17?,18-,19?/m1/s1. The van der Waals surface area contributed by atoms with Crippen molar-refractivity contribution in [1.29, 1.82) is 0 Å². The van der Waals surface area contributed by atoms with Crippen LogP contribution in [0.25, 0.3) is 11.1 Å². The summed E-state index contributed by atoms with van der Waals surface area (Å²) in [6, 6.07) is 16.5. The predicted molar refractivity (Wildman–Crippen MR) is 126 cm³/mol. The van der Waals surface area contributed by atoms with Gasteiger partial charge in [0.2, 0.25) is 5.91 Å². The van der Waals surface area contributed by atoms with E-state index in [1.807, 2.05) is 24.3 Å². The summed E-state index contributed by atoms with van der Waals surface area (Å²) in [7, 11) is 0. The zero-order valence-corrected chi connectivity index (χ0v) is 19.1. The first-order valence-electron chi connectivity index (χ1n) is 12.1. The third-order valence-electron chi connectivity index (χ3n) is 7.49. The predicted octanol–water partition coefficient (Wildman–Crippen LogP) is 4.02. The molecule has 1 aliphatic heterocycles. The second-order valence-corrected chi connectivity index (χ2v) is 9.73. The molecule has 34 heavy (non-hydrogen) atoms. The first-order valence-corrected chi connectivity index (χ1v) is 12.1. The van der Waals surface area contributed by atoms with Crippen LogP contribution >= 0.6 is 0 Å². The van der Waals surface area contributed by atoms with Crippen molar-refractivity contribution in [3.8, 4) is 11.1 Å². The third-order valence-corrected chi connectivity index (χ3v) is 7.49. The van der Waals surface area contributed by atoms with E-state index >= 15 is 0 Å². The Labute approximate surface area is 199 Å². The lowest BCUT2D eigenvalue weighted by molar-refractivity contribution is -0.146. The molecule has 0 radical (unpaired) electrons. The van der Waals surface area contributed by atoms with Gasteiger partial charge in [-0.2, -0.15) is 0 Å². The van der Waals surface area contributed by atoms with Crippen LogP contribution in [0, 0.1) is 11.8 Å². The Kier molecular flexibility index (Phi) is 6.26. The van der Waals surface area contributed by atoms with Gasteiger partial charge in [-0.25, -0.2) is 4.79 Å². The number of rotatable bonds is 6. The maximum absolute atomic E-state index is 12.6. The Morgan fingerprint density at radius 1 is 1.00 bits per heavy atom. The molecule has 2 fully saturated rings. The van der Waals surface area contributed by atoms with E-state index in [4.69, 9.17) is 4.74 Å². The number of ether oxygens (including phenoxy) is 1. The molecule has 1 saturated carbocycles. The summed E-state index contributed by atoms with van der Waals surface area (Å²) in [6.45, 7) is 1.23. The normalized spacial score (nSPS) is 23.4. The fourth-order valence-corrected chi connectivity index (χ4v) is 5.61. The fraction of sp³-hybridized carbons (Fsp3) is 0.444. The topological polar surface area (TPSA) is 95.9 Å². The van der Waals surface area contributed by atoms with Gasteiger partial charge in [-0.1, -0.05) is 48.5 Å². The van der Waals surface area contributed by atoms with Crippen LogP contribution in [0.2, 0.25) is 0 Å². The summed E-state index contributed by atoms with van der Waals surface area (Å²) >= 11 is 0. The van der Waals surface area contributed by atoms with Crippen molar-refractivity contribution >= 4 is 18.0 Å². The number of carbonyl (C=O) groups is 3. The van der Waals surface area contributed by atoms with Crippen LogP contribution in [0.5, 0.6) is 0 Å². The molecular formula is C27H30N2O5. The van der Waals surface area contributed by atoms with Gasteiger partial charge >= 0.3 is 12.1 Å². The summed E-state index contributed by atoms with van der Waals surface area (Å²) < 4.78 is 5.61. The molecule has 0 unspecified atom stereocenters. The number of amides is 2. The smallest absolute Gasteiger partial charge is 0.407 e. The van der Waals surface area contributed by atoms with Crippen molar-refractivity contribution in [2.24, 2.45) is 11.8 Å². The Morgan fingerprint density at radius 3 is 2.29 bits per heavy atom. The van der Waals surface area contributed by atoms with Gasteiger partial charge in [-0.3, -0.25) is 9.59 Å². The Hall–Kier alpha value is -3.35. The fourth-order valence-electron chi connectivity index (χ4n) is 5.61. The van der Waals surface area contributed by atoms with Gasteiger partial charge in [0.15, 0.2) is 0 Å². The summed E-state index contributed by atoms with van der Waals surface area (Å²) in [5.74, 6) is -1.01. The molecule has 7 nitrogen and oxygen atoms in total. The Morgan fingerprint density at radius 2 is 1.65 bits per heavy atom. The number of carboxylic acids is 1. The molecule has 0 spiro atoms. The monoisotopic (exact) mass is 462 g/mol. The number of carbonyl (C=O) groups excluding carboxylic acids is 2. The van der Waals surface area contributed by atoms with Gasteiger partial charge in [0.1, 0.15) is 6.61 Å². The van der Waals surface area contributed by atoms with Gasteiger partial charge in [0.05, 0.1) is 5.92 Å². The second kappa shape index (κ2) is 9.49. The van der Waals surface area contributed by atoms with E-state index in [2.05, 4.69) is 29.6 Å². The van der Waals surface area contributed by atoms with Crippen LogP contribution in [-0.2, 0) is 14.3 Å². The minimum atomic E-state index is -0.825. The molecule has 5 rings (SSSR count). The number of alkyl carbamates (subject to hydrolysis) is 1. The molecule has 2 amide bonds. The highest BCUT2D eigenvalue weighted by Crippen LogP contribution is 2.44. The number of hydrogen-bond acceptors (Lipinski definition) is 4. The van der Waals surface area contributed by atoms with E-state index < -0.39 is 18.0 Å². The Balaban J connectivity index is 1.07. The van der Waals surface area contributed by atoms with Gasteiger partial charge in [0, 0.05) is 31.5 Å². The van der Waals surface area contributed by atoms with Crippen LogP contribution in [-0.4, -0.2) is 53.7 Å². The van der Waals surface area contributed by atoms with Crippen LogP contribution in [0.15, 0.2) is 48.5 Å².